The molecule has 0 fully saturated rings. The molecule has 3 heteroatoms. The van der Waals surface area contributed by atoms with E-state index in [2.05, 4.69) is 60.4 Å². The van der Waals surface area contributed by atoms with Crippen LogP contribution in [0.15, 0.2) is 42.7 Å². The van der Waals surface area contributed by atoms with Crippen molar-refractivity contribution >= 4 is 5.69 Å². The number of pyridine rings is 1. The number of anilines is 1. The van der Waals surface area contributed by atoms with Gasteiger partial charge in [-0.3, -0.25) is 4.98 Å². The molecule has 0 aliphatic heterocycles. The number of hydrogen-bond donors (Lipinski definition) is 1. The van der Waals surface area contributed by atoms with Crippen LogP contribution in [0.4, 0.5) is 5.69 Å². The van der Waals surface area contributed by atoms with E-state index in [9.17, 15) is 0 Å². The number of hydrogen-bond acceptors (Lipinski definition) is 3. The smallest absolute Gasteiger partial charge is 0.0441 e. The molecule has 2 aromatic rings. The minimum absolute atomic E-state index is 0.877. The minimum Gasteiger partial charge on any atom is -0.370 e. The zero-order valence-corrected chi connectivity index (χ0v) is 13.3. The third-order valence-electron chi connectivity index (χ3n) is 3.57. The van der Waals surface area contributed by atoms with Gasteiger partial charge < -0.3 is 10.2 Å². The molecular formula is C18H25N3. The molecule has 0 aliphatic carbocycles. The highest BCUT2D eigenvalue weighted by atomic mass is 15.1. The van der Waals surface area contributed by atoms with Crippen LogP contribution in [0.3, 0.4) is 0 Å². The highest BCUT2D eigenvalue weighted by Gasteiger charge is 2.06. The van der Waals surface area contributed by atoms with E-state index in [1.807, 2.05) is 18.5 Å². The van der Waals surface area contributed by atoms with E-state index in [1.54, 1.807) is 0 Å². The lowest BCUT2D eigenvalue weighted by Gasteiger charge is -2.22. The Bertz CT molecular complexity index is 552. The van der Waals surface area contributed by atoms with Crippen molar-refractivity contribution in [2.24, 2.45) is 0 Å². The number of rotatable bonds is 7. The molecule has 0 spiro atoms. The van der Waals surface area contributed by atoms with Gasteiger partial charge >= 0.3 is 0 Å². The Morgan fingerprint density at radius 3 is 2.71 bits per heavy atom. The highest BCUT2D eigenvalue weighted by Crippen LogP contribution is 2.21. The van der Waals surface area contributed by atoms with Gasteiger partial charge in [-0.15, -0.1) is 0 Å². The first-order valence-electron chi connectivity index (χ1n) is 7.61. The van der Waals surface area contributed by atoms with E-state index in [4.69, 9.17) is 0 Å². The monoisotopic (exact) mass is 283 g/mol. The summed E-state index contributed by atoms with van der Waals surface area (Å²) in [5.74, 6) is 0. The SMILES string of the molecule is CCCNCc1ccc(N(C)Cc2cccnc2)c(C)c1. The lowest BCUT2D eigenvalue weighted by Crippen LogP contribution is -2.18. The summed E-state index contributed by atoms with van der Waals surface area (Å²) in [5, 5.41) is 3.45. The van der Waals surface area contributed by atoms with Gasteiger partial charge in [0, 0.05) is 38.2 Å². The topological polar surface area (TPSA) is 28.2 Å². The molecule has 1 aromatic heterocycles. The van der Waals surface area contributed by atoms with Gasteiger partial charge in [-0.05, 0) is 48.7 Å². The number of aromatic nitrogens is 1. The molecule has 0 saturated carbocycles. The standard InChI is InChI=1S/C18H25N3/c1-4-9-19-12-16-7-8-18(15(2)11-16)21(3)14-17-6-5-10-20-13-17/h5-8,10-11,13,19H,4,9,12,14H2,1-3H3. The summed E-state index contributed by atoms with van der Waals surface area (Å²) in [6, 6.07) is 10.8. The third kappa shape index (κ3) is 4.57. The van der Waals surface area contributed by atoms with Crippen LogP contribution < -0.4 is 10.2 Å². The number of nitrogens with one attached hydrogen (secondary N) is 1. The van der Waals surface area contributed by atoms with Gasteiger partial charge in [-0.2, -0.15) is 0 Å². The predicted octanol–water partition coefficient (Wildman–Crippen LogP) is 3.53. The van der Waals surface area contributed by atoms with Crippen LogP contribution in [0.2, 0.25) is 0 Å². The van der Waals surface area contributed by atoms with Crippen LogP contribution in [0.25, 0.3) is 0 Å². The van der Waals surface area contributed by atoms with Crippen LogP contribution in [-0.2, 0) is 13.1 Å². The Kier molecular flexibility index (Phi) is 5.76. The minimum atomic E-state index is 0.877. The van der Waals surface area contributed by atoms with Crippen molar-refractivity contribution in [2.45, 2.75) is 33.4 Å². The molecule has 0 saturated heterocycles. The summed E-state index contributed by atoms with van der Waals surface area (Å²) in [5.41, 5.74) is 5.17. The van der Waals surface area contributed by atoms with Crippen molar-refractivity contribution < 1.29 is 0 Å². The van der Waals surface area contributed by atoms with Crippen molar-refractivity contribution in [1.82, 2.24) is 10.3 Å². The summed E-state index contributed by atoms with van der Waals surface area (Å²) in [4.78, 5) is 6.45. The largest absolute Gasteiger partial charge is 0.370 e. The average Bonchev–Trinajstić information content (AvgIpc) is 2.48. The second-order valence-electron chi connectivity index (χ2n) is 5.51. The molecule has 0 unspecified atom stereocenters. The summed E-state index contributed by atoms with van der Waals surface area (Å²) in [7, 11) is 2.13. The van der Waals surface area contributed by atoms with E-state index >= 15 is 0 Å². The Hall–Kier alpha value is -1.87. The van der Waals surface area contributed by atoms with Gasteiger partial charge in [0.2, 0.25) is 0 Å². The maximum Gasteiger partial charge on any atom is 0.0441 e. The zero-order chi connectivity index (χ0) is 15.1. The lowest BCUT2D eigenvalue weighted by atomic mass is 10.1. The molecule has 1 heterocycles. The predicted molar refractivity (Wildman–Crippen MR) is 89.5 cm³/mol. The van der Waals surface area contributed by atoms with Crippen molar-refractivity contribution in [3.05, 3.63) is 59.4 Å². The Morgan fingerprint density at radius 2 is 2.05 bits per heavy atom. The second-order valence-corrected chi connectivity index (χ2v) is 5.51. The molecule has 0 aliphatic rings. The van der Waals surface area contributed by atoms with Crippen LogP contribution >= 0.6 is 0 Å². The average molecular weight is 283 g/mol. The van der Waals surface area contributed by atoms with Gasteiger partial charge in [0.15, 0.2) is 0 Å². The van der Waals surface area contributed by atoms with E-state index < -0.39 is 0 Å². The first-order chi connectivity index (χ1) is 10.2. The van der Waals surface area contributed by atoms with Crippen molar-refractivity contribution in [3.8, 4) is 0 Å². The van der Waals surface area contributed by atoms with Gasteiger partial charge in [0.25, 0.3) is 0 Å². The number of nitrogens with zero attached hydrogens (tertiary/aromatic N) is 2. The first-order valence-corrected chi connectivity index (χ1v) is 7.61. The second kappa shape index (κ2) is 7.79. The van der Waals surface area contributed by atoms with E-state index in [-0.39, 0.29) is 0 Å². The highest BCUT2D eigenvalue weighted by molar-refractivity contribution is 5.54. The van der Waals surface area contributed by atoms with Crippen molar-refractivity contribution in [2.75, 3.05) is 18.5 Å². The lowest BCUT2D eigenvalue weighted by molar-refractivity contribution is 0.675. The molecule has 21 heavy (non-hydrogen) atoms. The van der Waals surface area contributed by atoms with Crippen LogP contribution in [0, 0.1) is 6.92 Å². The molecule has 0 radical (unpaired) electrons. The zero-order valence-electron chi connectivity index (χ0n) is 13.3. The van der Waals surface area contributed by atoms with Gasteiger partial charge in [-0.1, -0.05) is 25.1 Å². The van der Waals surface area contributed by atoms with E-state index in [0.717, 1.165) is 19.6 Å². The summed E-state index contributed by atoms with van der Waals surface area (Å²) >= 11 is 0. The molecule has 3 nitrogen and oxygen atoms in total. The Balaban J connectivity index is 2.02. The molecule has 112 valence electrons. The van der Waals surface area contributed by atoms with Crippen LogP contribution in [0.1, 0.15) is 30.0 Å². The normalized spacial score (nSPS) is 10.6. The Morgan fingerprint density at radius 1 is 1.19 bits per heavy atom. The van der Waals surface area contributed by atoms with Gasteiger partial charge in [0.1, 0.15) is 0 Å². The van der Waals surface area contributed by atoms with Crippen molar-refractivity contribution in [3.63, 3.8) is 0 Å². The summed E-state index contributed by atoms with van der Waals surface area (Å²) in [6.07, 6.45) is 4.91. The summed E-state index contributed by atoms with van der Waals surface area (Å²) < 4.78 is 0. The fourth-order valence-electron chi connectivity index (χ4n) is 2.52. The molecule has 2 rings (SSSR count). The van der Waals surface area contributed by atoms with Crippen LogP contribution in [0.5, 0.6) is 0 Å². The fourth-order valence-corrected chi connectivity index (χ4v) is 2.52. The molecule has 1 N–H and O–H groups in total. The molecule has 0 bridgehead atoms. The van der Waals surface area contributed by atoms with E-state index in [1.165, 1.54) is 28.8 Å². The Labute approximate surface area is 128 Å². The number of aryl methyl sites for hydroxylation is 1. The third-order valence-corrected chi connectivity index (χ3v) is 3.57. The maximum absolute atomic E-state index is 4.17. The van der Waals surface area contributed by atoms with E-state index in [0.29, 0.717) is 0 Å². The van der Waals surface area contributed by atoms with Crippen molar-refractivity contribution in [1.29, 1.82) is 0 Å². The quantitative estimate of drug-likeness (QED) is 0.788. The number of benzene rings is 1. The van der Waals surface area contributed by atoms with Crippen LogP contribution in [-0.4, -0.2) is 18.6 Å². The fraction of sp³-hybridized carbons (Fsp3) is 0.389. The molecule has 0 atom stereocenters. The summed E-state index contributed by atoms with van der Waals surface area (Å²) in [6.45, 7) is 7.26. The first kappa shape index (κ1) is 15.5. The van der Waals surface area contributed by atoms with Gasteiger partial charge in [-0.25, -0.2) is 0 Å². The maximum atomic E-state index is 4.17. The molecule has 0 amide bonds. The van der Waals surface area contributed by atoms with Gasteiger partial charge in [0.05, 0.1) is 0 Å². The molecule has 1 aromatic carbocycles. The molecular weight excluding hydrogens is 258 g/mol.